The Morgan fingerprint density at radius 1 is 1.14 bits per heavy atom. The highest BCUT2D eigenvalue weighted by molar-refractivity contribution is 5.63. The van der Waals surface area contributed by atoms with E-state index in [9.17, 15) is 9.50 Å². The summed E-state index contributed by atoms with van der Waals surface area (Å²) in [5.74, 6) is -0.332. The van der Waals surface area contributed by atoms with Crippen LogP contribution >= 0.6 is 0 Å². The molecule has 5 nitrogen and oxygen atoms in total. The molecule has 0 fully saturated rings. The van der Waals surface area contributed by atoms with Gasteiger partial charge < -0.3 is 14.9 Å². The van der Waals surface area contributed by atoms with Gasteiger partial charge in [0.15, 0.2) is 11.6 Å². The summed E-state index contributed by atoms with van der Waals surface area (Å²) >= 11 is 0. The highest BCUT2D eigenvalue weighted by atomic mass is 19.1. The Kier molecular flexibility index (Phi) is 5.82. The molecule has 1 unspecified atom stereocenters. The topological polar surface area (TPSA) is 67.5 Å². The predicted molar refractivity (Wildman–Crippen MR) is 106 cm³/mol. The molecular formula is C22H25FN2O3. The average Bonchev–Trinajstić information content (AvgIpc) is 3.13. The summed E-state index contributed by atoms with van der Waals surface area (Å²) < 4.78 is 20.9. The van der Waals surface area contributed by atoms with Crippen LogP contribution in [0.25, 0.3) is 16.9 Å². The van der Waals surface area contributed by atoms with E-state index in [1.54, 1.807) is 23.7 Å². The lowest BCUT2D eigenvalue weighted by Gasteiger charge is -2.20. The molecule has 3 rings (SSSR count). The molecule has 0 spiro atoms. The zero-order valence-corrected chi connectivity index (χ0v) is 16.3. The molecule has 0 radical (unpaired) electrons. The van der Waals surface area contributed by atoms with Gasteiger partial charge in [-0.2, -0.15) is 5.10 Å². The van der Waals surface area contributed by atoms with E-state index >= 15 is 0 Å². The Bertz CT molecular complexity index is 949. The fourth-order valence-corrected chi connectivity index (χ4v) is 3.11. The van der Waals surface area contributed by atoms with Gasteiger partial charge >= 0.3 is 0 Å². The van der Waals surface area contributed by atoms with Crippen molar-refractivity contribution in [1.82, 2.24) is 9.78 Å². The Balaban J connectivity index is 2.13. The zero-order chi connectivity index (χ0) is 20.3. The van der Waals surface area contributed by atoms with E-state index in [2.05, 4.69) is 5.10 Å². The number of benzene rings is 2. The minimum Gasteiger partial charge on any atom is -0.494 e. The van der Waals surface area contributed by atoms with Crippen molar-refractivity contribution in [2.45, 2.75) is 32.3 Å². The third-order valence-corrected chi connectivity index (χ3v) is 4.81. The predicted octanol–water partition coefficient (Wildman–Crippen LogP) is 3.98. The summed E-state index contributed by atoms with van der Waals surface area (Å²) in [6.07, 6.45) is 0.821. The first-order valence-corrected chi connectivity index (χ1v) is 9.20. The molecule has 148 valence electrons. The smallest absolute Gasteiger partial charge is 0.167 e. The summed E-state index contributed by atoms with van der Waals surface area (Å²) in [6, 6.07) is 14.4. The minimum atomic E-state index is -1.21. The van der Waals surface area contributed by atoms with Crippen LogP contribution < -0.4 is 4.74 Å². The van der Waals surface area contributed by atoms with E-state index in [1.807, 2.05) is 37.3 Å². The van der Waals surface area contributed by atoms with Crippen molar-refractivity contribution in [1.29, 1.82) is 0 Å². The molecule has 3 aromatic rings. The van der Waals surface area contributed by atoms with Gasteiger partial charge in [-0.15, -0.1) is 0 Å². The number of aliphatic hydroxyl groups excluding tert-OH is 1. The second kappa shape index (κ2) is 8.12. The van der Waals surface area contributed by atoms with Crippen LogP contribution in [0.3, 0.4) is 0 Å². The molecule has 2 aromatic carbocycles. The first-order valence-electron chi connectivity index (χ1n) is 9.20. The molecule has 0 aliphatic carbocycles. The first kappa shape index (κ1) is 20.0. The fourth-order valence-electron chi connectivity index (χ4n) is 3.11. The standard InChI is InChI=1S/C22H25FN2O3/c1-15-5-7-16(8-6-15)19-14-21(22(2,27)11-4-12-26)24-25(19)17-9-10-20(28-3)18(23)13-17/h5-10,13-14,26-27H,4,11-12H2,1-3H3. The summed E-state index contributed by atoms with van der Waals surface area (Å²) in [4.78, 5) is 0. The molecule has 0 aliphatic heterocycles. The number of aryl methyl sites for hydroxylation is 1. The van der Waals surface area contributed by atoms with Gasteiger partial charge in [-0.1, -0.05) is 29.8 Å². The van der Waals surface area contributed by atoms with Crippen LogP contribution in [0.1, 0.15) is 31.0 Å². The number of aliphatic hydroxyl groups is 2. The molecule has 1 aromatic heterocycles. The molecular weight excluding hydrogens is 359 g/mol. The number of aromatic nitrogens is 2. The molecule has 0 saturated carbocycles. The summed E-state index contributed by atoms with van der Waals surface area (Å²) in [6.45, 7) is 3.67. The lowest BCUT2D eigenvalue weighted by atomic mass is 9.95. The van der Waals surface area contributed by atoms with Crippen molar-refractivity contribution in [3.8, 4) is 22.7 Å². The van der Waals surface area contributed by atoms with E-state index in [1.165, 1.54) is 13.2 Å². The Morgan fingerprint density at radius 2 is 1.86 bits per heavy atom. The van der Waals surface area contributed by atoms with Gasteiger partial charge in [0.25, 0.3) is 0 Å². The van der Waals surface area contributed by atoms with E-state index < -0.39 is 11.4 Å². The van der Waals surface area contributed by atoms with Crippen molar-refractivity contribution in [2.24, 2.45) is 0 Å². The van der Waals surface area contributed by atoms with Crippen LogP contribution in [0.5, 0.6) is 5.75 Å². The molecule has 1 atom stereocenters. The summed E-state index contributed by atoms with van der Waals surface area (Å²) in [5, 5.41) is 24.5. The van der Waals surface area contributed by atoms with Gasteiger partial charge in [-0.3, -0.25) is 0 Å². The van der Waals surface area contributed by atoms with Crippen molar-refractivity contribution >= 4 is 0 Å². The Hall–Kier alpha value is -2.70. The first-order chi connectivity index (χ1) is 13.4. The van der Waals surface area contributed by atoms with Crippen LogP contribution in [-0.4, -0.2) is 33.7 Å². The monoisotopic (exact) mass is 384 g/mol. The average molecular weight is 384 g/mol. The molecule has 0 saturated heterocycles. The Labute approximate surface area is 164 Å². The minimum absolute atomic E-state index is 0.00856. The van der Waals surface area contributed by atoms with Gasteiger partial charge in [0.1, 0.15) is 5.60 Å². The number of halogens is 1. The molecule has 28 heavy (non-hydrogen) atoms. The highest BCUT2D eigenvalue weighted by Gasteiger charge is 2.28. The van der Waals surface area contributed by atoms with Crippen molar-refractivity contribution < 1.29 is 19.3 Å². The molecule has 6 heteroatoms. The lowest BCUT2D eigenvalue weighted by Crippen LogP contribution is -2.22. The van der Waals surface area contributed by atoms with Crippen molar-refractivity contribution in [3.63, 3.8) is 0 Å². The SMILES string of the molecule is COc1ccc(-n2nc(C(C)(O)CCCO)cc2-c2ccc(C)cc2)cc1F. The zero-order valence-electron chi connectivity index (χ0n) is 16.3. The molecule has 0 bridgehead atoms. The van der Waals surface area contributed by atoms with Crippen LogP contribution in [0.15, 0.2) is 48.5 Å². The molecule has 0 amide bonds. The van der Waals surface area contributed by atoms with Crippen molar-refractivity contribution in [3.05, 3.63) is 65.6 Å². The summed E-state index contributed by atoms with van der Waals surface area (Å²) in [5.41, 5.74) is 2.55. The molecule has 0 aliphatic rings. The van der Waals surface area contributed by atoms with Gasteiger partial charge in [0, 0.05) is 18.2 Å². The van der Waals surface area contributed by atoms with Gasteiger partial charge in [-0.25, -0.2) is 9.07 Å². The van der Waals surface area contributed by atoms with E-state index in [-0.39, 0.29) is 12.4 Å². The van der Waals surface area contributed by atoms with Gasteiger partial charge in [-0.05, 0) is 44.9 Å². The summed E-state index contributed by atoms with van der Waals surface area (Å²) in [7, 11) is 1.42. The van der Waals surface area contributed by atoms with Gasteiger partial charge in [0.2, 0.25) is 0 Å². The van der Waals surface area contributed by atoms with E-state index in [4.69, 9.17) is 9.84 Å². The number of methoxy groups -OCH3 is 1. The normalized spacial score (nSPS) is 13.4. The van der Waals surface area contributed by atoms with Crippen LogP contribution in [-0.2, 0) is 5.60 Å². The maximum Gasteiger partial charge on any atom is 0.167 e. The van der Waals surface area contributed by atoms with Crippen LogP contribution in [0, 0.1) is 12.7 Å². The van der Waals surface area contributed by atoms with Crippen LogP contribution in [0.2, 0.25) is 0 Å². The third kappa shape index (κ3) is 4.08. The second-order valence-corrected chi connectivity index (χ2v) is 7.11. The lowest BCUT2D eigenvalue weighted by molar-refractivity contribution is 0.0357. The maximum absolute atomic E-state index is 14.3. The number of hydrogen-bond acceptors (Lipinski definition) is 4. The van der Waals surface area contributed by atoms with E-state index in [0.717, 1.165) is 16.8 Å². The quantitative estimate of drug-likeness (QED) is 0.647. The number of hydrogen-bond donors (Lipinski definition) is 2. The molecule has 1 heterocycles. The fraction of sp³-hybridized carbons (Fsp3) is 0.318. The number of rotatable bonds is 7. The molecule has 2 N–H and O–H groups in total. The van der Waals surface area contributed by atoms with Crippen LogP contribution in [0.4, 0.5) is 4.39 Å². The maximum atomic E-state index is 14.3. The number of nitrogens with zero attached hydrogens (tertiary/aromatic N) is 2. The largest absolute Gasteiger partial charge is 0.494 e. The van der Waals surface area contributed by atoms with E-state index in [0.29, 0.717) is 24.2 Å². The highest BCUT2D eigenvalue weighted by Crippen LogP contribution is 2.32. The van der Waals surface area contributed by atoms with Gasteiger partial charge in [0.05, 0.1) is 24.2 Å². The van der Waals surface area contributed by atoms with Crippen molar-refractivity contribution in [2.75, 3.05) is 13.7 Å². The number of ether oxygens (including phenoxy) is 1. The third-order valence-electron chi connectivity index (χ3n) is 4.81. The second-order valence-electron chi connectivity index (χ2n) is 7.11. The Morgan fingerprint density at radius 3 is 2.46 bits per heavy atom.